The molecule has 0 spiro atoms. The molecule has 2 N–H and O–H groups in total. The van der Waals surface area contributed by atoms with Crippen LogP contribution in [0.1, 0.15) is 71.1 Å². The Kier molecular flexibility index (Phi) is 10.4. The summed E-state index contributed by atoms with van der Waals surface area (Å²) in [6.07, 6.45) is 21.0. The lowest BCUT2D eigenvalue weighted by Crippen LogP contribution is -2.32. The normalized spacial score (nSPS) is 38.2. The number of aliphatic hydroxyl groups is 2. The Morgan fingerprint density at radius 3 is 2.62 bits per heavy atom. The van der Waals surface area contributed by atoms with Crippen LogP contribution in [-0.2, 0) is 19.0 Å². The van der Waals surface area contributed by atoms with Crippen molar-refractivity contribution in [2.24, 2.45) is 11.8 Å². The molecule has 37 heavy (non-hydrogen) atoms. The molecule has 204 valence electrons. The average molecular weight is 513 g/mol. The van der Waals surface area contributed by atoms with Gasteiger partial charge in [0.25, 0.3) is 0 Å². The van der Waals surface area contributed by atoms with Gasteiger partial charge in [-0.3, -0.25) is 0 Å². The minimum absolute atomic E-state index is 0.0714. The number of cyclic esters (lactones) is 1. The smallest absolute Gasteiger partial charge is 0.330 e. The third-order valence-corrected chi connectivity index (χ3v) is 7.81. The van der Waals surface area contributed by atoms with E-state index in [0.717, 1.165) is 50.5 Å². The van der Waals surface area contributed by atoms with Gasteiger partial charge < -0.3 is 24.4 Å². The molecule has 0 aromatic rings. The van der Waals surface area contributed by atoms with Gasteiger partial charge in [0.1, 0.15) is 18.3 Å². The summed E-state index contributed by atoms with van der Waals surface area (Å²) in [5.74, 6) is 0.299. The van der Waals surface area contributed by atoms with Crippen LogP contribution in [0.5, 0.6) is 0 Å². The van der Waals surface area contributed by atoms with Crippen molar-refractivity contribution in [3.8, 4) is 0 Å². The van der Waals surface area contributed by atoms with E-state index in [-0.39, 0.29) is 24.4 Å². The van der Waals surface area contributed by atoms with Crippen molar-refractivity contribution in [2.45, 2.75) is 114 Å². The molecule has 6 nitrogen and oxygen atoms in total. The zero-order valence-corrected chi connectivity index (χ0v) is 22.1. The SMILES string of the molecule is C=C1CC(C)C[C@@H]2CC=CC(C/C=C\C(=O)OC(C(O)/C=C/C3CCC=CCC3)C[C@@H]3OC3[C@@H](O)C1)O2. The predicted octanol–water partition coefficient (Wildman–Crippen LogP) is 5.12. The molecule has 0 amide bonds. The van der Waals surface area contributed by atoms with Crippen LogP contribution in [0.2, 0.25) is 0 Å². The molecule has 0 aromatic heterocycles. The second-order valence-corrected chi connectivity index (χ2v) is 11.3. The quantitative estimate of drug-likeness (QED) is 0.310. The topological polar surface area (TPSA) is 88.5 Å². The molecule has 3 heterocycles. The highest BCUT2D eigenvalue weighted by Crippen LogP contribution is 2.35. The van der Waals surface area contributed by atoms with Crippen LogP contribution in [0.25, 0.3) is 0 Å². The van der Waals surface area contributed by atoms with E-state index in [1.165, 1.54) is 6.08 Å². The van der Waals surface area contributed by atoms with Gasteiger partial charge in [0.15, 0.2) is 0 Å². The van der Waals surface area contributed by atoms with Crippen LogP contribution in [-0.4, -0.2) is 58.9 Å². The molecule has 1 saturated heterocycles. The first-order valence-electron chi connectivity index (χ1n) is 14.1. The third kappa shape index (κ3) is 9.06. The fourth-order valence-electron chi connectivity index (χ4n) is 5.78. The summed E-state index contributed by atoms with van der Waals surface area (Å²) in [6, 6.07) is 0. The number of epoxide rings is 1. The Hall–Kier alpha value is -1.99. The molecule has 0 radical (unpaired) electrons. The van der Waals surface area contributed by atoms with Crippen LogP contribution in [0, 0.1) is 11.8 Å². The molecule has 2 bridgehead atoms. The van der Waals surface area contributed by atoms with E-state index in [9.17, 15) is 15.0 Å². The summed E-state index contributed by atoms with van der Waals surface area (Å²) in [5.41, 5.74) is 1.00. The number of fused-ring (bicyclic) bond motifs is 3. The Labute approximate surface area is 221 Å². The van der Waals surface area contributed by atoms with Crippen molar-refractivity contribution in [1.82, 2.24) is 0 Å². The van der Waals surface area contributed by atoms with Crippen LogP contribution in [0.4, 0.5) is 0 Å². The maximum Gasteiger partial charge on any atom is 0.330 e. The lowest BCUT2D eigenvalue weighted by molar-refractivity contribution is -0.148. The molecule has 3 aliphatic heterocycles. The number of rotatable bonds is 3. The van der Waals surface area contributed by atoms with Crippen molar-refractivity contribution in [3.05, 3.63) is 60.8 Å². The van der Waals surface area contributed by atoms with Gasteiger partial charge >= 0.3 is 5.97 Å². The van der Waals surface area contributed by atoms with Gasteiger partial charge in [-0.2, -0.15) is 0 Å². The van der Waals surface area contributed by atoms with Gasteiger partial charge in [-0.05, 0) is 69.6 Å². The second kappa shape index (κ2) is 13.7. The monoisotopic (exact) mass is 512 g/mol. The molecule has 0 aromatic carbocycles. The molecule has 6 heteroatoms. The van der Waals surface area contributed by atoms with Gasteiger partial charge in [-0.25, -0.2) is 4.79 Å². The van der Waals surface area contributed by atoms with Crippen LogP contribution < -0.4 is 0 Å². The van der Waals surface area contributed by atoms with Crippen molar-refractivity contribution in [1.29, 1.82) is 0 Å². The second-order valence-electron chi connectivity index (χ2n) is 11.3. The number of ether oxygens (including phenoxy) is 3. The van der Waals surface area contributed by atoms with Gasteiger partial charge in [-0.1, -0.05) is 61.6 Å². The van der Waals surface area contributed by atoms with Gasteiger partial charge in [0.05, 0.1) is 24.4 Å². The van der Waals surface area contributed by atoms with Crippen LogP contribution >= 0.6 is 0 Å². The third-order valence-electron chi connectivity index (χ3n) is 7.81. The number of hydrogen-bond acceptors (Lipinski definition) is 6. The highest BCUT2D eigenvalue weighted by Gasteiger charge is 2.46. The first kappa shape index (κ1) is 28.0. The van der Waals surface area contributed by atoms with Crippen LogP contribution in [0.3, 0.4) is 0 Å². The summed E-state index contributed by atoms with van der Waals surface area (Å²) in [7, 11) is 0. The largest absolute Gasteiger partial charge is 0.456 e. The lowest BCUT2D eigenvalue weighted by Gasteiger charge is -2.28. The summed E-state index contributed by atoms with van der Waals surface area (Å²) in [4.78, 5) is 12.7. The number of allylic oxidation sites excluding steroid dienone is 3. The number of hydrogen-bond donors (Lipinski definition) is 2. The van der Waals surface area contributed by atoms with E-state index < -0.39 is 24.3 Å². The zero-order chi connectivity index (χ0) is 26.2. The molecule has 1 aliphatic carbocycles. The maximum absolute atomic E-state index is 12.7. The van der Waals surface area contributed by atoms with Crippen LogP contribution in [0.15, 0.2) is 60.8 Å². The highest BCUT2D eigenvalue weighted by molar-refractivity contribution is 5.82. The first-order valence-corrected chi connectivity index (χ1v) is 14.1. The van der Waals surface area contributed by atoms with E-state index in [1.54, 1.807) is 12.2 Å². The van der Waals surface area contributed by atoms with Gasteiger partial charge in [-0.15, -0.1) is 0 Å². The highest BCUT2D eigenvalue weighted by atomic mass is 16.6. The maximum atomic E-state index is 12.7. The standard InChI is InChI=1S/C31H44O6/c1-21-17-22(2)19-27(33)31-29(37-31)20-28(26(32)16-15-23-9-5-3-4-6-10-23)36-30(34)14-8-12-24-11-7-13-25(18-21)35-24/h3-4,7-8,11,14-16,21,23-29,31-33H,2,5-6,9-10,12-13,17-20H2,1H3/b14-8-,16-15+/t21?,24?,25-,26?,27-,28?,29-,31?/m0/s1. The number of aliphatic hydroxyl groups excluding tert-OH is 2. The predicted molar refractivity (Wildman–Crippen MR) is 144 cm³/mol. The van der Waals surface area contributed by atoms with Crippen molar-refractivity contribution in [2.75, 3.05) is 0 Å². The fourth-order valence-corrected chi connectivity index (χ4v) is 5.78. The molecule has 5 unspecified atom stereocenters. The lowest BCUT2D eigenvalue weighted by atomic mass is 9.91. The Bertz CT molecular complexity index is 878. The van der Waals surface area contributed by atoms with E-state index in [1.807, 2.05) is 0 Å². The first-order chi connectivity index (χ1) is 17.9. The summed E-state index contributed by atoms with van der Waals surface area (Å²) >= 11 is 0. The van der Waals surface area contributed by atoms with E-state index in [2.05, 4.69) is 43.9 Å². The minimum atomic E-state index is -0.942. The molecular formula is C31H44O6. The summed E-state index contributed by atoms with van der Waals surface area (Å²) in [6.45, 7) is 6.40. The fraction of sp³-hybridized carbons (Fsp3) is 0.645. The molecular weight excluding hydrogens is 468 g/mol. The Morgan fingerprint density at radius 2 is 1.84 bits per heavy atom. The average Bonchev–Trinajstić information content (AvgIpc) is 3.65. The molecule has 1 fully saturated rings. The van der Waals surface area contributed by atoms with Crippen molar-refractivity contribution in [3.63, 3.8) is 0 Å². The Balaban J connectivity index is 1.44. The van der Waals surface area contributed by atoms with Crippen molar-refractivity contribution < 1.29 is 29.2 Å². The van der Waals surface area contributed by atoms with E-state index in [0.29, 0.717) is 31.1 Å². The van der Waals surface area contributed by atoms with E-state index >= 15 is 0 Å². The summed E-state index contributed by atoms with van der Waals surface area (Å²) in [5, 5.41) is 21.7. The summed E-state index contributed by atoms with van der Waals surface area (Å²) < 4.78 is 17.7. The molecule has 4 aliphatic rings. The van der Waals surface area contributed by atoms with E-state index in [4.69, 9.17) is 14.2 Å². The number of carbonyl (C=O) groups is 1. The van der Waals surface area contributed by atoms with Gasteiger partial charge in [0.2, 0.25) is 0 Å². The molecule has 4 rings (SSSR count). The number of esters is 1. The minimum Gasteiger partial charge on any atom is -0.456 e. The Morgan fingerprint density at radius 1 is 1.05 bits per heavy atom. The zero-order valence-electron chi connectivity index (χ0n) is 22.1. The van der Waals surface area contributed by atoms with Gasteiger partial charge in [0, 0.05) is 12.5 Å². The van der Waals surface area contributed by atoms with Crippen molar-refractivity contribution >= 4 is 5.97 Å². The molecule has 8 atom stereocenters. The number of carbonyl (C=O) groups excluding carboxylic acids is 1. The molecule has 0 saturated carbocycles.